The van der Waals surface area contributed by atoms with Gasteiger partial charge in [-0.15, -0.1) is 0 Å². The first-order valence-corrected chi connectivity index (χ1v) is 5.57. The van der Waals surface area contributed by atoms with Crippen molar-refractivity contribution in [2.24, 2.45) is 5.92 Å². The first-order chi connectivity index (χ1) is 8.43. The van der Waals surface area contributed by atoms with Gasteiger partial charge in [-0.25, -0.2) is 0 Å². The Morgan fingerprint density at radius 3 is 2.56 bits per heavy atom. The fourth-order valence-corrected chi connectivity index (χ4v) is 1.62. The maximum Gasteiger partial charge on any atom is 0.306 e. The zero-order valence-electron chi connectivity index (χ0n) is 9.94. The molecule has 0 aliphatic carbocycles. The molecule has 0 saturated carbocycles. The number of aliphatic carboxylic acids is 1. The molecule has 0 radical (unpaired) electrons. The van der Waals surface area contributed by atoms with Gasteiger partial charge in [0.05, 0.1) is 22.5 Å². The number of nitro groups is 1. The van der Waals surface area contributed by atoms with E-state index in [1.165, 1.54) is 25.1 Å². The molecule has 98 valence electrons. The zero-order valence-corrected chi connectivity index (χ0v) is 9.94. The molecule has 0 heterocycles. The fourth-order valence-electron chi connectivity index (χ4n) is 1.62. The van der Waals surface area contributed by atoms with E-state index in [2.05, 4.69) is 0 Å². The predicted octanol–water partition coefficient (Wildman–Crippen LogP) is 2.13. The van der Waals surface area contributed by atoms with Crippen molar-refractivity contribution in [3.05, 3.63) is 39.9 Å². The minimum absolute atomic E-state index is 0.145. The van der Waals surface area contributed by atoms with Crippen LogP contribution in [0.25, 0.3) is 0 Å². The highest BCUT2D eigenvalue weighted by atomic mass is 16.6. The lowest BCUT2D eigenvalue weighted by atomic mass is 9.98. The van der Waals surface area contributed by atoms with Crippen molar-refractivity contribution in [3.8, 4) is 0 Å². The van der Waals surface area contributed by atoms with Crippen LogP contribution in [0.15, 0.2) is 24.3 Å². The third-order valence-corrected chi connectivity index (χ3v) is 2.79. The molecule has 1 aromatic rings. The van der Waals surface area contributed by atoms with E-state index in [9.17, 15) is 20.0 Å². The van der Waals surface area contributed by atoms with E-state index in [-0.39, 0.29) is 24.1 Å². The lowest BCUT2D eigenvalue weighted by molar-refractivity contribution is -0.386. The van der Waals surface area contributed by atoms with Crippen molar-refractivity contribution in [1.29, 1.82) is 0 Å². The fraction of sp³-hybridized carbons (Fsp3) is 0.417. The van der Waals surface area contributed by atoms with E-state index in [1.54, 1.807) is 6.07 Å². The number of aliphatic hydroxyl groups is 1. The van der Waals surface area contributed by atoms with Gasteiger partial charge in [-0.05, 0) is 18.9 Å². The first-order valence-electron chi connectivity index (χ1n) is 5.57. The molecule has 6 nitrogen and oxygen atoms in total. The van der Waals surface area contributed by atoms with E-state index in [0.717, 1.165) is 0 Å². The van der Waals surface area contributed by atoms with Crippen molar-refractivity contribution in [3.63, 3.8) is 0 Å². The van der Waals surface area contributed by atoms with Gasteiger partial charge < -0.3 is 10.2 Å². The maximum absolute atomic E-state index is 10.8. The molecule has 0 spiro atoms. The Morgan fingerprint density at radius 1 is 1.39 bits per heavy atom. The summed E-state index contributed by atoms with van der Waals surface area (Å²) < 4.78 is 0. The summed E-state index contributed by atoms with van der Waals surface area (Å²) in [5.41, 5.74) is 0.0769. The molecule has 0 aliphatic rings. The van der Waals surface area contributed by atoms with Gasteiger partial charge in [0.25, 0.3) is 5.69 Å². The largest absolute Gasteiger partial charge is 0.481 e. The minimum Gasteiger partial charge on any atom is -0.481 e. The van der Waals surface area contributed by atoms with Gasteiger partial charge in [0.15, 0.2) is 0 Å². The lowest BCUT2D eigenvalue weighted by Crippen LogP contribution is -2.11. The molecule has 0 bridgehead atoms. The lowest BCUT2D eigenvalue weighted by Gasteiger charge is -2.12. The van der Waals surface area contributed by atoms with Crippen LogP contribution in [0.2, 0.25) is 0 Å². The molecule has 2 N–H and O–H groups in total. The number of carboxylic acids is 1. The molecular weight excluding hydrogens is 238 g/mol. The van der Waals surface area contributed by atoms with Crippen LogP contribution in [0.3, 0.4) is 0 Å². The molecule has 0 aromatic heterocycles. The number of nitrogens with zero attached hydrogens (tertiary/aromatic N) is 1. The molecule has 1 aromatic carbocycles. The van der Waals surface area contributed by atoms with Gasteiger partial charge in [-0.1, -0.05) is 19.1 Å². The summed E-state index contributed by atoms with van der Waals surface area (Å²) >= 11 is 0. The SMILES string of the molecule is CC(CCC(O)c1ccccc1[N+](=O)[O-])C(=O)O. The number of para-hydroxylation sites is 1. The van der Waals surface area contributed by atoms with E-state index < -0.39 is 22.9 Å². The predicted molar refractivity (Wildman–Crippen MR) is 64.1 cm³/mol. The van der Waals surface area contributed by atoms with Crippen LogP contribution >= 0.6 is 0 Å². The number of aliphatic hydroxyl groups excluding tert-OH is 1. The average molecular weight is 253 g/mol. The molecule has 0 aliphatic heterocycles. The van der Waals surface area contributed by atoms with Crippen molar-refractivity contribution in [1.82, 2.24) is 0 Å². The van der Waals surface area contributed by atoms with E-state index in [4.69, 9.17) is 5.11 Å². The number of carboxylic acid groups (broad SMARTS) is 1. The smallest absolute Gasteiger partial charge is 0.306 e. The van der Waals surface area contributed by atoms with E-state index >= 15 is 0 Å². The Morgan fingerprint density at radius 2 is 2.00 bits per heavy atom. The second-order valence-electron chi connectivity index (χ2n) is 4.15. The van der Waals surface area contributed by atoms with E-state index in [0.29, 0.717) is 0 Å². The van der Waals surface area contributed by atoms with Gasteiger partial charge in [0, 0.05) is 6.07 Å². The van der Waals surface area contributed by atoms with Crippen LogP contribution in [-0.4, -0.2) is 21.1 Å². The van der Waals surface area contributed by atoms with Gasteiger partial charge in [0.2, 0.25) is 0 Å². The summed E-state index contributed by atoms with van der Waals surface area (Å²) in [7, 11) is 0. The summed E-state index contributed by atoms with van der Waals surface area (Å²) in [6.07, 6.45) is -0.575. The third-order valence-electron chi connectivity index (χ3n) is 2.79. The van der Waals surface area contributed by atoms with Crippen LogP contribution in [0.5, 0.6) is 0 Å². The molecule has 0 amide bonds. The summed E-state index contributed by atoms with van der Waals surface area (Å²) in [4.78, 5) is 20.9. The van der Waals surface area contributed by atoms with Gasteiger partial charge in [0.1, 0.15) is 0 Å². The molecule has 18 heavy (non-hydrogen) atoms. The monoisotopic (exact) mass is 253 g/mol. The second kappa shape index (κ2) is 6.11. The molecule has 6 heteroatoms. The normalized spacial score (nSPS) is 13.9. The topological polar surface area (TPSA) is 101 Å². The highest BCUT2D eigenvalue weighted by Crippen LogP contribution is 2.28. The number of rotatable bonds is 6. The number of benzene rings is 1. The highest BCUT2D eigenvalue weighted by Gasteiger charge is 2.21. The molecular formula is C12H15NO5. The Labute approximate surface area is 104 Å². The summed E-state index contributed by atoms with van der Waals surface area (Å²) in [5.74, 6) is -1.52. The Hall–Kier alpha value is -1.95. The van der Waals surface area contributed by atoms with Gasteiger partial charge >= 0.3 is 5.97 Å². The van der Waals surface area contributed by atoms with Crippen molar-refractivity contribution in [2.75, 3.05) is 0 Å². The molecule has 0 saturated heterocycles. The van der Waals surface area contributed by atoms with Gasteiger partial charge in [-0.3, -0.25) is 14.9 Å². The summed E-state index contributed by atoms with van der Waals surface area (Å²) in [6.45, 7) is 1.54. The second-order valence-corrected chi connectivity index (χ2v) is 4.15. The van der Waals surface area contributed by atoms with Crippen LogP contribution in [-0.2, 0) is 4.79 Å². The van der Waals surface area contributed by atoms with Crippen LogP contribution in [0.4, 0.5) is 5.69 Å². The van der Waals surface area contributed by atoms with Crippen molar-refractivity contribution in [2.45, 2.75) is 25.9 Å². The van der Waals surface area contributed by atoms with Crippen LogP contribution in [0, 0.1) is 16.0 Å². The number of nitro benzene ring substituents is 1. The number of hydrogen-bond acceptors (Lipinski definition) is 4. The maximum atomic E-state index is 10.8. The Kier molecular flexibility index (Phi) is 4.79. The quantitative estimate of drug-likeness (QED) is 0.597. The minimum atomic E-state index is -1.02. The van der Waals surface area contributed by atoms with Crippen molar-refractivity contribution >= 4 is 11.7 Å². The molecule has 1 rings (SSSR count). The summed E-state index contributed by atoms with van der Waals surface area (Å²) in [5, 5.41) is 29.4. The Balaban J connectivity index is 2.75. The summed E-state index contributed by atoms with van der Waals surface area (Å²) in [6, 6.07) is 5.92. The number of carbonyl (C=O) groups is 1. The zero-order chi connectivity index (χ0) is 13.7. The Bertz CT molecular complexity index is 446. The first kappa shape index (κ1) is 14.1. The van der Waals surface area contributed by atoms with Crippen molar-refractivity contribution < 1.29 is 19.9 Å². The van der Waals surface area contributed by atoms with Crippen LogP contribution in [0.1, 0.15) is 31.4 Å². The standard InChI is InChI=1S/C12H15NO5/c1-8(12(15)16)6-7-11(14)9-4-2-3-5-10(9)13(17)18/h2-5,8,11,14H,6-7H2,1H3,(H,15,16). The van der Waals surface area contributed by atoms with Gasteiger partial charge in [-0.2, -0.15) is 0 Å². The third kappa shape index (κ3) is 3.53. The molecule has 0 fully saturated rings. The van der Waals surface area contributed by atoms with Crippen LogP contribution < -0.4 is 0 Å². The number of hydrogen-bond donors (Lipinski definition) is 2. The molecule has 2 atom stereocenters. The molecule has 2 unspecified atom stereocenters. The van der Waals surface area contributed by atoms with E-state index in [1.807, 2.05) is 0 Å². The highest BCUT2D eigenvalue weighted by molar-refractivity contribution is 5.69. The average Bonchev–Trinajstić information content (AvgIpc) is 2.35.